The molecule has 6 heteroatoms. The van der Waals surface area contributed by atoms with Crippen LogP contribution in [-0.2, 0) is 0 Å². The monoisotopic (exact) mass is 376 g/mol. The van der Waals surface area contributed by atoms with Crippen LogP contribution in [0.3, 0.4) is 0 Å². The Morgan fingerprint density at radius 1 is 1.16 bits per heavy atom. The third-order valence-corrected chi connectivity index (χ3v) is 4.76. The van der Waals surface area contributed by atoms with Gasteiger partial charge in [-0.1, -0.05) is 41.0 Å². The van der Waals surface area contributed by atoms with Crippen molar-refractivity contribution in [1.82, 2.24) is 0 Å². The molecular formula is C13H7BrCl2O2S. The molecule has 0 radical (unpaired) electrons. The fourth-order valence-corrected chi connectivity index (χ4v) is 3.64. The number of carboxylic acid groups (broad SMARTS) is 1. The standard InChI is InChI=1S/C13H7BrCl2O2S/c14-8-2-1-3-10(12(8)13(17)18)19-11-6-7(15)4-5-9(11)16/h1-6H,(H,17,18). The summed E-state index contributed by atoms with van der Waals surface area (Å²) in [6, 6.07) is 10.3. The van der Waals surface area contributed by atoms with Gasteiger partial charge >= 0.3 is 5.97 Å². The maximum absolute atomic E-state index is 11.3. The van der Waals surface area contributed by atoms with Crippen molar-refractivity contribution >= 4 is 56.9 Å². The number of carbonyl (C=O) groups is 1. The molecule has 19 heavy (non-hydrogen) atoms. The van der Waals surface area contributed by atoms with Gasteiger partial charge in [0, 0.05) is 19.3 Å². The fraction of sp³-hybridized carbons (Fsp3) is 0. The van der Waals surface area contributed by atoms with Crippen LogP contribution < -0.4 is 0 Å². The summed E-state index contributed by atoms with van der Waals surface area (Å²) in [6.07, 6.45) is 0. The molecule has 1 N–H and O–H groups in total. The molecule has 0 aromatic heterocycles. The highest BCUT2D eigenvalue weighted by Crippen LogP contribution is 2.38. The van der Waals surface area contributed by atoms with Crippen molar-refractivity contribution in [1.29, 1.82) is 0 Å². The molecular weight excluding hydrogens is 371 g/mol. The Bertz CT molecular complexity index is 647. The molecule has 98 valence electrons. The van der Waals surface area contributed by atoms with Gasteiger partial charge in [0.2, 0.25) is 0 Å². The van der Waals surface area contributed by atoms with Gasteiger partial charge in [-0.05, 0) is 46.3 Å². The van der Waals surface area contributed by atoms with Gasteiger partial charge in [-0.25, -0.2) is 4.79 Å². The average Bonchev–Trinajstić information content (AvgIpc) is 2.33. The van der Waals surface area contributed by atoms with Gasteiger partial charge in [0.25, 0.3) is 0 Å². The summed E-state index contributed by atoms with van der Waals surface area (Å²) >= 11 is 16.5. The van der Waals surface area contributed by atoms with Crippen LogP contribution in [0.1, 0.15) is 10.4 Å². The van der Waals surface area contributed by atoms with E-state index >= 15 is 0 Å². The number of hydrogen-bond acceptors (Lipinski definition) is 2. The Morgan fingerprint density at radius 2 is 1.89 bits per heavy atom. The molecule has 0 saturated heterocycles. The van der Waals surface area contributed by atoms with E-state index in [4.69, 9.17) is 23.2 Å². The molecule has 2 nitrogen and oxygen atoms in total. The van der Waals surface area contributed by atoms with Crippen LogP contribution >= 0.6 is 50.9 Å². The summed E-state index contributed by atoms with van der Waals surface area (Å²) in [5.41, 5.74) is 0.212. The van der Waals surface area contributed by atoms with Crippen LogP contribution in [0.25, 0.3) is 0 Å². The Morgan fingerprint density at radius 3 is 2.58 bits per heavy atom. The first kappa shape index (κ1) is 14.7. The van der Waals surface area contributed by atoms with Crippen LogP contribution in [0.15, 0.2) is 50.7 Å². The minimum atomic E-state index is -0.992. The summed E-state index contributed by atoms with van der Waals surface area (Å²) in [5.74, 6) is -0.992. The zero-order chi connectivity index (χ0) is 14.0. The quantitative estimate of drug-likeness (QED) is 0.755. The zero-order valence-corrected chi connectivity index (χ0v) is 13.3. The van der Waals surface area contributed by atoms with Gasteiger partial charge < -0.3 is 5.11 Å². The maximum atomic E-state index is 11.3. The van der Waals surface area contributed by atoms with Crippen LogP contribution in [0.5, 0.6) is 0 Å². The highest BCUT2D eigenvalue weighted by atomic mass is 79.9. The van der Waals surface area contributed by atoms with E-state index in [0.29, 0.717) is 19.4 Å². The van der Waals surface area contributed by atoms with Crippen molar-refractivity contribution in [3.8, 4) is 0 Å². The number of hydrogen-bond donors (Lipinski definition) is 1. The first-order valence-corrected chi connectivity index (χ1v) is 7.50. The van der Waals surface area contributed by atoms with E-state index in [9.17, 15) is 9.90 Å². The van der Waals surface area contributed by atoms with E-state index in [-0.39, 0.29) is 5.56 Å². The number of aromatic carboxylic acids is 1. The summed E-state index contributed by atoms with van der Waals surface area (Å²) in [7, 11) is 0. The summed E-state index contributed by atoms with van der Waals surface area (Å²) < 4.78 is 0.531. The molecule has 0 unspecified atom stereocenters. The largest absolute Gasteiger partial charge is 0.478 e. The van der Waals surface area contributed by atoms with Crippen molar-refractivity contribution in [3.63, 3.8) is 0 Å². The van der Waals surface area contributed by atoms with Gasteiger partial charge in [-0.15, -0.1) is 0 Å². The topological polar surface area (TPSA) is 37.3 Å². The van der Waals surface area contributed by atoms with Gasteiger partial charge in [-0.3, -0.25) is 0 Å². The first-order chi connectivity index (χ1) is 8.99. The molecule has 2 rings (SSSR count). The van der Waals surface area contributed by atoms with Gasteiger partial charge in [0.15, 0.2) is 0 Å². The number of benzene rings is 2. The lowest BCUT2D eigenvalue weighted by Crippen LogP contribution is -2.00. The molecule has 0 aliphatic carbocycles. The molecule has 0 saturated carbocycles. The lowest BCUT2D eigenvalue weighted by Gasteiger charge is -2.09. The molecule has 0 heterocycles. The Balaban J connectivity index is 2.46. The third-order valence-electron chi connectivity index (χ3n) is 2.30. The SMILES string of the molecule is O=C(O)c1c(Br)cccc1Sc1cc(Cl)ccc1Cl. The Kier molecular flexibility index (Phi) is 4.79. The molecule has 0 atom stereocenters. The highest BCUT2D eigenvalue weighted by Gasteiger charge is 2.16. The molecule has 0 bridgehead atoms. The van der Waals surface area contributed by atoms with Gasteiger partial charge in [0.1, 0.15) is 0 Å². The van der Waals surface area contributed by atoms with E-state index in [1.807, 2.05) is 0 Å². The van der Waals surface area contributed by atoms with E-state index < -0.39 is 5.97 Å². The smallest absolute Gasteiger partial charge is 0.338 e. The lowest BCUT2D eigenvalue weighted by atomic mass is 10.2. The Hall–Kier alpha value is -0.680. The van der Waals surface area contributed by atoms with Crippen LogP contribution in [-0.4, -0.2) is 11.1 Å². The van der Waals surface area contributed by atoms with E-state index in [1.165, 1.54) is 11.8 Å². The van der Waals surface area contributed by atoms with E-state index in [0.717, 1.165) is 4.90 Å². The molecule has 2 aromatic carbocycles. The average molecular weight is 378 g/mol. The number of carboxylic acids is 1. The van der Waals surface area contributed by atoms with Crippen molar-refractivity contribution in [2.24, 2.45) is 0 Å². The number of rotatable bonds is 3. The minimum Gasteiger partial charge on any atom is -0.478 e. The third kappa shape index (κ3) is 3.45. The molecule has 0 amide bonds. The normalized spacial score (nSPS) is 10.5. The molecule has 0 spiro atoms. The van der Waals surface area contributed by atoms with Crippen molar-refractivity contribution in [3.05, 3.63) is 56.5 Å². The number of halogens is 3. The van der Waals surface area contributed by atoms with Gasteiger partial charge in [-0.2, -0.15) is 0 Å². The summed E-state index contributed by atoms with van der Waals surface area (Å²) in [6.45, 7) is 0. The summed E-state index contributed by atoms with van der Waals surface area (Å²) in [4.78, 5) is 12.6. The molecule has 0 aliphatic rings. The predicted molar refractivity (Wildman–Crippen MR) is 81.7 cm³/mol. The maximum Gasteiger partial charge on any atom is 0.338 e. The van der Waals surface area contributed by atoms with E-state index in [1.54, 1.807) is 36.4 Å². The predicted octanol–water partition coefficient (Wildman–Crippen LogP) is 5.61. The summed E-state index contributed by atoms with van der Waals surface area (Å²) in [5, 5.41) is 10.3. The second-order valence-electron chi connectivity index (χ2n) is 3.59. The van der Waals surface area contributed by atoms with Gasteiger partial charge in [0.05, 0.1) is 10.6 Å². The second kappa shape index (κ2) is 6.18. The molecule has 0 aliphatic heterocycles. The van der Waals surface area contributed by atoms with Crippen molar-refractivity contribution in [2.45, 2.75) is 9.79 Å². The minimum absolute atomic E-state index is 0.212. The molecule has 0 fully saturated rings. The van der Waals surface area contributed by atoms with Crippen LogP contribution in [0.4, 0.5) is 0 Å². The van der Waals surface area contributed by atoms with Crippen LogP contribution in [0, 0.1) is 0 Å². The zero-order valence-electron chi connectivity index (χ0n) is 9.36. The first-order valence-electron chi connectivity index (χ1n) is 5.13. The van der Waals surface area contributed by atoms with E-state index in [2.05, 4.69) is 15.9 Å². The highest BCUT2D eigenvalue weighted by molar-refractivity contribution is 9.10. The second-order valence-corrected chi connectivity index (χ2v) is 6.38. The lowest BCUT2D eigenvalue weighted by molar-refractivity contribution is 0.0692. The fourth-order valence-electron chi connectivity index (χ4n) is 1.47. The Labute approximate surface area is 132 Å². The van der Waals surface area contributed by atoms with Crippen LogP contribution in [0.2, 0.25) is 10.0 Å². The molecule has 2 aromatic rings. The van der Waals surface area contributed by atoms with Crippen molar-refractivity contribution < 1.29 is 9.90 Å². The van der Waals surface area contributed by atoms with Crippen molar-refractivity contribution in [2.75, 3.05) is 0 Å².